The lowest BCUT2D eigenvalue weighted by Crippen LogP contribution is -2.45. The molecule has 0 rings (SSSR count). The highest BCUT2D eigenvalue weighted by atomic mass is 16.5. The van der Waals surface area contributed by atoms with Crippen molar-refractivity contribution in [2.45, 2.75) is 104 Å². The summed E-state index contributed by atoms with van der Waals surface area (Å²) in [6, 6.07) is 0. The van der Waals surface area contributed by atoms with E-state index in [0.29, 0.717) is 19.6 Å². The smallest absolute Gasteiger partial charge is 0.220 e. The van der Waals surface area contributed by atoms with Gasteiger partial charge in [0.1, 0.15) is 0 Å². The van der Waals surface area contributed by atoms with Crippen LogP contribution in [0.5, 0.6) is 0 Å². The lowest BCUT2D eigenvalue weighted by molar-refractivity contribution is -0.124. The molecule has 1 amide bonds. The first-order valence-electron chi connectivity index (χ1n) is 9.02. The molecule has 0 aromatic rings. The third kappa shape index (κ3) is 11.5. The minimum absolute atomic E-state index is 0.0793. The summed E-state index contributed by atoms with van der Waals surface area (Å²) in [7, 11) is 0. The normalized spacial score (nSPS) is 13.2. The van der Waals surface area contributed by atoms with Crippen molar-refractivity contribution in [1.29, 1.82) is 0 Å². The average molecular weight is 330 g/mol. The molecule has 1 N–H and O–H groups in total. The third-order valence-electron chi connectivity index (χ3n) is 4.04. The molecule has 0 bridgehead atoms. The molecule has 0 aromatic carbocycles. The number of carbonyl (C=O) groups is 1. The van der Waals surface area contributed by atoms with Crippen LogP contribution in [-0.2, 0) is 14.3 Å². The van der Waals surface area contributed by atoms with Crippen LogP contribution in [0.25, 0.3) is 0 Å². The topological polar surface area (TPSA) is 47.6 Å². The maximum Gasteiger partial charge on any atom is 0.220 e. The highest BCUT2D eigenvalue weighted by Gasteiger charge is 2.25. The number of carbonyl (C=O) groups excluding carboxylic acids is 1. The number of rotatable bonds is 12. The van der Waals surface area contributed by atoms with Gasteiger partial charge in [-0.2, -0.15) is 0 Å². The highest BCUT2D eigenvalue weighted by Crippen LogP contribution is 2.20. The Bertz CT molecular complexity index is 349. The molecule has 138 valence electrons. The Balaban J connectivity index is 4.18. The average Bonchev–Trinajstić information content (AvgIpc) is 2.35. The zero-order chi connectivity index (χ0) is 18.1. The Labute approximate surface area is 143 Å². The van der Waals surface area contributed by atoms with Gasteiger partial charge in [-0.3, -0.25) is 4.79 Å². The minimum atomic E-state index is -0.255. The van der Waals surface area contributed by atoms with E-state index in [2.05, 4.69) is 39.9 Å². The predicted octanol–water partition coefficient (Wildman–Crippen LogP) is 4.46. The molecule has 0 atom stereocenters. The van der Waals surface area contributed by atoms with Gasteiger partial charge in [-0.25, -0.2) is 0 Å². The van der Waals surface area contributed by atoms with Crippen molar-refractivity contribution >= 4 is 5.91 Å². The second-order valence-corrected chi connectivity index (χ2v) is 8.23. The number of nitrogens with one attached hydrogen (secondary N) is 1. The number of ether oxygens (including phenoxy) is 2. The Kier molecular flexibility index (Phi) is 9.37. The molecule has 0 saturated heterocycles. The van der Waals surface area contributed by atoms with Crippen LogP contribution in [0.2, 0.25) is 0 Å². The van der Waals surface area contributed by atoms with Crippen LogP contribution in [0.1, 0.15) is 87.5 Å². The van der Waals surface area contributed by atoms with Crippen molar-refractivity contribution < 1.29 is 14.3 Å². The molecular weight excluding hydrogens is 290 g/mol. The van der Waals surface area contributed by atoms with Gasteiger partial charge < -0.3 is 14.8 Å². The molecule has 0 aliphatic heterocycles. The Morgan fingerprint density at radius 3 is 1.96 bits per heavy atom. The fourth-order valence-corrected chi connectivity index (χ4v) is 2.64. The Hall–Kier alpha value is -0.610. The van der Waals surface area contributed by atoms with Gasteiger partial charge in [-0.15, -0.1) is 0 Å². The van der Waals surface area contributed by atoms with Crippen LogP contribution < -0.4 is 5.32 Å². The van der Waals surface area contributed by atoms with Gasteiger partial charge in [0.05, 0.1) is 11.2 Å². The van der Waals surface area contributed by atoms with Gasteiger partial charge in [0.25, 0.3) is 0 Å². The Morgan fingerprint density at radius 2 is 1.43 bits per heavy atom. The summed E-state index contributed by atoms with van der Waals surface area (Å²) in [4.78, 5) is 12.2. The van der Waals surface area contributed by atoms with Crippen LogP contribution >= 0.6 is 0 Å². The first-order valence-corrected chi connectivity index (χ1v) is 9.02. The summed E-state index contributed by atoms with van der Waals surface area (Å²) in [5, 5.41) is 3.11. The van der Waals surface area contributed by atoms with Gasteiger partial charge in [0, 0.05) is 25.2 Å². The predicted molar refractivity (Wildman–Crippen MR) is 96.7 cm³/mol. The van der Waals surface area contributed by atoms with E-state index in [1.54, 1.807) is 0 Å². The fraction of sp³-hybridized carbons (Fsp3) is 0.947. The second-order valence-electron chi connectivity index (χ2n) is 8.23. The summed E-state index contributed by atoms with van der Waals surface area (Å²) in [6.45, 7) is 17.9. The van der Waals surface area contributed by atoms with Crippen molar-refractivity contribution in [3.05, 3.63) is 0 Å². The summed E-state index contributed by atoms with van der Waals surface area (Å²) in [5.41, 5.74) is -0.588. The van der Waals surface area contributed by atoms with E-state index in [-0.39, 0.29) is 22.6 Å². The van der Waals surface area contributed by atoms with Gasteiger partial charge in [0.2, 0.25) is 5.91 Å². The van der Waals surface area contributed by atoms with Crippen molar-refractivity contribution in [3.8, 4) is 0 Å². The standard InChI is InChI=1S/C19H39NO3/c1-9-12-18(5,6)23-15-14-17(3,4)20-16(21)11-13-19(7,8)22-10-2/h9-15H2,1-8H3,(H,20,21). The molecule has 4 heteroatoms. The molecule has 23 heavy (non-hydrogen) atoms. The number of hydrogen-bond acceptors (Lipinski definition) is 3. The van der Waals surface area contributed by atoms with Crippen LogP contribution in [-0.4, -0.2) is 35.9 Å². The molecule has 0 spiro atoms. The molecule has 0 unspecified atom stereocenters. The van der Waals surface area contributed by atoms with Crippen LogP contribution in [0, 0.1) is 0 Å². The molecule has 0 fully saturated rings. The van der Waals surface area contributed by atoms with Crippen LogP contribution in [0.3, 0.4) is 0 Å². The highest BCUT2D eigenvalue weighted by molar-refractivity contribution is 5.76. The van der Waals surface area contributed by atoms with E-state index >= 15 is 0 Å². The number of amides is 1. The molecule has 4 nitrogen and oxygen atoms in total. The van der Waals surface area contributed by atoms with Crippen LogP contribution in [0.15, 0.2) is 0 Å². The first-order chi connectivity index (χ1) is 10.4. The van der Waals surface area contributed by atoms with E-state index in [9.17, 15) is 4.79 Å². The molecule has 0 aromatic heterocycles. The van der Waals surface area contributed by atoms with Gasteiger partial charge in [0.15, 0.2) is 0 Å². The monoisotopic (exact) mass is 329 g/mol. The van der Waals surface area contributed by atoms with E-state index < -0.39 is 0 Å². The summed E-state index contributed by atoms with van der Waals surface area (Å²) >= 11 is 0. The lowest BCUT2D eigenvalue weighted by atomic mass is 9.98. The molecule has 0 aliphatic rings. The maximum absolute atomic E-state index is 12.2. The van der Waals surface area contributed by atoms with E-state index in [4.69, 9.17) is 9.47 Å². The molecule has 0 radical (unpaired) electrons. The first kappa shape index (κ1) is 22.4. The van der Waals surface area contributed by atoms with Gasteiger partial charge in [-0.05, 0) is 67.7 Å². The zero-order valence-corrected chi connectivity index (χ0v) is 16.7. The van der Waals surface area contributed by atoms with Crippen LogP contribution in [0.4, 0.5) is 0 Å². The summed E-state index contributed by atoms with van der Waals surface area (Å²) in [6.07, 6.45) is 4.18. The molecule has 0 saturated carbocycles. The zero-order valence-electron chi connectivity index (χ0n) is 16.7. The van der Waals surface area contributed by atoms with E-state index in [1.807, 2.05) is 20.8 Å². The van der Waals surface area contributed by atoms with Crippen molar-refractivity contribution in [3.63, 3.8) is 0 Å². The summed E-state index contributed by atoms with van der Waals surface area (Å²) < 4.78 is 11.6. The van der Waals surface area contributed by atoms with E-state index in [0.717, 1.165) is 25.7 Å². The van der Waals surface area contributed by atoms with Crippen molar-refractivity contribution in [2.24, 2.45) is 0 Å². The lowest BCUT2D eigenvalue weighted by Gasteiger charge is -2.31. The SMILES string of the molecule is CCCC(C)(C)OCCC(C)(C)NC(=O)CCC(C)(C)OCC. The number of hydrogen-bond donors (Lipinski definition) is 1. The Morgan fingerprint density at radius 1 is 0.870 bits per heavy atom. The quantitative estimate of drug-likeness (QED) is 0.575. The van der Waals surface area contributed by atoms with E-state index in [1.165, 1.54) is 0 Å². The third-order valence-corrected chi connectivity index (χ3v) is 4.04. The maximum atomic E-state index is 12.2. The van der Waals surface area contributed by atoms with Crippen molar-refractivity contribution in [2.75, 3.05) is 13.2 Å². The summed E-state index contributed by atoms with van der Waals surface area (Å²) in [5.74, 6) is 0.0793. The molecular formula is C19H39NO3. The van der Waals surface area contributed by atoms with Gasteiger partial charge in [-0.1, -0.05) is 13.3 Å². The fourth-order valence-electron chi connectivity index (χ4n) is 2.64. The molecule has 0 aliphatic carbocycles. The van der Waals surface area contributed by atoms with Crippen molar-refractivity contribution in [1.82, 2.24) is 5.32 Å². The van der Waals surface area contributed by atoms with Gasteiger partial charge >= 0.3 is 0 Å². The minimum Gasteiger partial charge on any atom is -0.376 e. The largest absolute Gasteiger partial charge is 0.376 e. The second kappa shape index (κ2) is 9.63. The molecule has 0 heterocycles.